The van der Waals surface area contributed by atoms with Crippen LogP contribution in [0.2, 0.25) is 0 Å². The monoisotopic (exact) mass is 517 g/mol. The lowest BCUT2D eigenvalue weighted by Crippen LogP contribution is -2.32. The number of rotatable bonds is 8. The average Bonchev–Trinajstić information content (AvgIpc) is 2.91. The molecule has 1 unspecified atom stereocenters. The van der Waals surface area contributed by atoms with Crippen molar-refractivity contribution in [3.05, 3.63) is 89.1 Å². The first-order chi connectivity index (χ1) is 18.4. The molecular weight excluding hydrogens is 492 g/mol. The van der Waals surface area contributed by atoms with E-state index in [1.54, 1.807) is 36.4 Å². The van der Waals surface area contributed by atoms with Crippen molar-refractivity contribution in [2.24, 2.45) is 0 Å². The van der Waals surface area contributed by atoms with Gasteiger partial charge in [0.05, 0.1) is 35.1 Å². The molecule has 2 N–H and O–H groups in total. The Labute approximate surface area is 217 Å². The maximum atomic E-state index is 13.8. The van der Waals surface area contributed by atoms with Crippen LogP contribution < -0.4 is 10.1 Å². The number of hydrogen-bond acceptors (Lipinski definition) is 5. The maximum Gasteiger partial charge on any atom is 0.303 e. The number of amides is 1. The van der Waals surface area contributed by atoms with Gasteiger partial charge in [-0.3, -0.25) is 9.59 Å². The first-order valence-electron chi connectivity index (χ1n) is 12.4. The topological polar surface area (TPSA) is 101 Å². The molecule has 0 spiro atoms. The molecule has 0 fully saturated rings. The highest BCUT2D eigenvalue weighted by molar-refractivity contribution is 5.97. The summed E-state index contributed by atoms with van der Waals surface area (Å²) in [6, 6.07) is 14.8. The Morgan fingerprint density at radius 1 is 0.947 bits per heavy atom. The number of aryl methyl sites for hydroxylation is 1. The number of hydrogen-bond donors (Lipinski definition) is 2. The van der Waals surface area contributed by atoms with Gasteiger partial charge in [0, 0.05) is 29.5 Å². The van der Waals surface area contributed by atoms with Gasteiger partial charge in [0.2, 0.25) is 0 Å². The minimum absolute atomic E-state index is 0.0520. The quantitative estimate of drug-likeness (QED) is 0.294. The number of unbranched alkanes of at least 4 members (excludes halogenated alkanes) is 1. The summed E-state index contributed by atoms with van der Waals surface area (Å²) in [5.41, 5.74) is 3.97. The Bertz CT molecular complexity index is 1510. The summed E-state index contributed by atoms with van der Waals surface area (Å²) in [5, 5.41) is 11.9. The fourth-order valence-electron chi connectivity index (χ4n) is 4.57. The smallest absolute Gasteiger partial charge is 0.303 e. The molecule has 0 aliphatic carbocycles. The number of nitrogens with one attached hydrogen (secondary N) is 1. The van der Waals surface area contributed by atoms with Crippen molar-refractivity contribution in [3.8, 4) is 17.0 Å². The largest absolute Gasteiger partial charge is 0.493 e. The van der Waals surface area contributed by atoms with Crippen LogP contribution in [-0.2, 0) is 11.2 Å². The predicted octanol–water partition coefficient (Wildman–Crippen LogP) is 5.63. The number of carboxylic acids is 1. The van der Waals surface area contributed by atoms with Gasteiger partial charge in [-0.05, 0) is 79.9 Å². The van der Waals surface area contributed by atoms with E-state index in [0.717, 1.165) is 0 Å². The lowest BCUT2D eigenvalue weighted by Gasteiger charge is -2.26. The molecule has 194 valence electrons. The van der Waals surface area contributed by atoms with Crippen LogP contribution in [0.15, 0.2) is 60.7 Å². The van der Waals surface area contributed by atoms with Crippen LogP contribution in [0.4, 0.5) is 8.78 Å². The van der Waals surface area contributed by atoms with E-state index in [0.29, 0.717) is 77.2 Å². The highest BCUT2D eigenvalue weighted by Crippen LogP contribution is 2.33. The Kier molecular flexibility index (Phi) is 7.26. The molecule has 1 amide bonds. The van der Waals surface area contributed by atoms with E-state index in [1.807, 2.05) is 0 Å². The van der Waals surface area contributed by atoms with Crippen LogP contribution >= 0.6 is 0 Å². The summed E-state index contributed by atoms with van der Waals surface area (Å²) in [4.78, 5) is 33.6. The summed E-state index contributed by atoms with van der Waals surface area (Å²) in [7, 11) is 0. The number of fused-ring (bicyclic) bond motifs is 2. The molecule has 7 nitrogen and oxygen atoms in total. The van der Waals surface area contributed by atoms with E-state index in [-0.39, 0.29) is 18.1 Å². The van der Waals surface area contributed by atoms with Crippen molar-refractivity contribution in [1.29, 1.82) is 0 Å². The van der Waals surface area contributed by atoms with Crippen molar-refractivity contribution >= 4 is 22.9 Å². The second-order valence-corrected chi connectivity index (χ2v) is 9.18. The van der Waals surface area contributed by atoms with Gasteiger partial charge in [-0.15, -0.1) is 0 Å². The number of carbonyl (C=O) groups excluding carboxylic acids is 1. The van der Waals surface area contributed by atoms with Gasteiger partial charge in [-0.25, -0.2) is 18.7 Å². The predicted molar refractivity (Wildman–Crippen MR) is 137 cm³/mol. The van der Waals surface area contributed by atoms with E-state index in [2.05, 4.69) is 5.32 Å². The normalized spacial score (nSPS) is 14.5. The van der Waals surface area contributed by atoms with Crippen molar-refractivity contribution in [1.82, 2.24) is 15.3 Å². The Morgan fingerprint density at radius 2 is 1.74 bits per heavy atom. The number of aromatic nitrogens is 2. The summed E-state index contributed by atoms with van der Waals surface area (Å²) >= 11 is 0. The number of ether oxygens (including phenoxy) is 1. The molecule has 1 aliphatic rings. The zero-order valence-corrected chi connectivity index (χ0v) is 20.4. The summed E-state index contributed by atoms with van der Waals surface area (Å²) < 4.78 is 32.9. The lowest BCUT2D eigenvalue weighted by molar-refractivity contribution is -0.137. The molecule has 1 aromatic heterocycles. The third-order valence-corrected chi connectivity index (χ3v) is 6.49. The molecule has 5 rings (SSSR count). The number of carboxylic acid groups (broad SMARTS) is 1. The van der Waals surface area contributed by atoms with E-state index in [4.69, 9.17) is 19.8 Å². The van der Waals surface area contributed by atoms with Crippen LogP contribution in [-0.4, -0.2) is 33.6 Å². The second-order valence-electron chi connectivity index (χ2n) is 9.18. The zero-order chi connectivity index (χ0) is 26.6. The zero-order valence-electron chi connectivity index (χ0n) is 20.4. The SMILES string of the molecule is O=C(O)CCCCc1nc2cc(C(=O)NC3CCOc4ccc(F)cc43)ccc2nc1-c1ccc(F)cc1. The number of halogens is 2. The fourth-order valence-corrected chi connectivity index (χ4v) is 4.57. The van der Waals surface area contributed by atoms with Gasteiger partial charge >= 0.3 is 5.97 Å². The molecular formula is C29H25F2N3O4. The Morgan fingerprint density at radius 3 is 2.53 bits per heavy atom. The highest BCUT2D eigenvalue weighted by atomic mass is 19.1. The van der Waals surface area contributed by atoms with Crippen molar-refractivity contribution in [3.63, 3.8) is 0 Å². The van der Waals surface area contributed by atoms with E-state index < -0.39 is 17.8 Å². The fraction of sp³-hybridized carbons (Fsp3) is 0.241. The third kappa shape index (κ3) is 5.61. The van der Waals surface area contributed by atoms with Crippen molar-refractivity contribution in [2.45, 2.75) is 38.1 Å². The number of carbonyl (C=O) groups is 2. The van der Waals surface area contributed by atoms with Gasteiger partial charge < -0.3 is 15.2 Å². The molecule has 0 saturated carbocycles. The van der Waals surface area contributed by atoms with Crippen LogP contribution in [0.3, 0.4) is 0 Å². The molecule has 9 heteroatoms. The molecule has 2 heterocycles. The average molecular weight is 518 g/mol. The molecule has 4 aromatic rings. The van der Waals surface area contributed by atoms with Gasteiger partial charge in [-0.2, -0.15) is 0 Å². The first kappa shape index (κ1) is 25.3. The molecule has 0 saturated heterocycles. The Hall–Kier alpha value is -4.40. The van der Waals surface area contributed by atoms with E-state index in [1.165, 1.54) is 24.3 Å². The Balaban J connectivity index is 1.43. The van der Waals surface area contributed by atoms with Crippen LogP contribution in [0.5, 0.6) is 5.75 Å². The molecule has 38 heavy (non-hydrogen) atoms. The number of nitrogens with zero attached hydrogens (tertiary/aromatic N) is 2. The van der Waals surface area contributed by atoms with Gasteiger partial charge in [0.1, 0.15) is 17.4 Å². The summed E-state index contributed by atoms with van der Waals surface area (Å²) in [6.07, 6.45) is 2.10. The molecule has 0 bridgehead atoms. The number of benzene rings is 3. The summed E-state index contributed by atoms with van der Waals surface area (Å²) in [5.74, 6) is -1.41. The molecule has 1 aliphatic heterocycles. The number of aliphatic carboxylic acids is 1. The summed E-state index contributed by atoms with van der Waals surface area (Å²) in [6.45, 7) is 0.407. The second kappa shape index (κ2) is 10.9. The van der Waals surface area contributed by atoms with E-state index >= 15 is 0 Å². The van der Waals surface area contributed by atoms with Crippen LogP contribution in [0, 0.1) is 11.6 Å². The van der Waals surface area contributed by atoms with Crippen molar-refractivity contribution in [2.75, 3.05) is 6.61 Å². The van der Waals surface area contributed by atoms with Gasteiger partial charge in [-0.1, -0.05) is 0 Å². The lowest BCUT2D eigenvalue weighted by atomic mass is 9.99. The maximum absolute atomic E-state index is 13.8. The van der Waals surface area contributed by atoms with Crippen LogP contribution in [0.25, 0.3) is 22.3 Å². The minimum Gasteiger partial charge on any atom is -0.493 e. The molecule has 3 aromatic carbocycles. The van der Waals surface area contributed by atoms with Crippen molar-refractivity contribution < 1.29 is 28.2 Å². The highest BCUT2D eigenvalue weighted by Gasteiger charge is 2.24. The van der Waals surface area contributed by atoms with E-state index in [9.17, 15) is 18.4 Å². The van der Waals surface area contributed by atoms with Gasteiger partial charge in [0.25, 0.3) is 5.91 Å². The minimum atomic E-state index is -0.862. The first-order valence-corrected chi connectivity index (χ1v) is 12.4. The third-order valence-electron chi connectivity index (χ3n) is 6.49. The molecule has 1 atom stereocenters. The standard InChI is InChI=1S/C29H25F2N3O4/c30-19-8-5-17(6-9-19)28-24(3-1-2-4-27(35)36)32-25-15-18(7-11-23(25)33-28)29(37)34-22-13-14-38-26-12-10-20(31)16-21(22)26/h5-12,15-16,22H,1-4,13-14H2,(H,34,37)(H,35,36). The molecule has 0 radical (unpaired) electrons. The van der Waals surface area contributed by atoms with Crippen LogP contribution in [0.1, 0.15) is 53.3 Å². The van der Waals surface area contributed by atoms with Gasteiger partial charge in [0.15, 0.2) is 0 Å².